The maximum absolute atomic E-state index is 14.8. The minimum absolute atomic E-state index is 0.111. The van der Waals surface area contributed by atoms with Crippen molar-refractivity contribution in [2.75, 3.05) is 36.1 Å². The predicted molar refractivity (Wildman–Crippen MR) is 369 cm³/mol. The largest absolute Gasteiger partial charge is 0.508 e. The van der Waals surface area contributed by atoms with Crippen molar-refractivity contribution >= 4 is 144 Å². The van der Waals surface area contributed by atoms with Crippen LogP contribution in [0.1, 0.15) is 92.6 Å². The van der Waals surface area contributed by atoms with Crippen LogP contribution in [0.15, 0.2) is 24.3 Å². The molecule has 3 aliphatic rings. The number of carbonyl (C=O) groups is 17. The Morgan fingerprint density at radius 3 is 1.68 bits per heavy atom. The molecule has 15 amide bonds. The van der Waals surface area contributed by atoms with Gasteiger partial charge in [-0.2, -0.15) is 0 Å². The number of hydrogen-bond acceptors (Lipinski definition) is 25. The summed E-state index contributed by atoms with van der Waals surface area (Å²) in [7, 11) is 2.93. The van der Waals surface area contributed by atoms with Crippen LogP contribution in [0, 0.1) is 5.92 Å². The number of aliphatic carboxylic acids is 2. The number of rotatable bonds is 18. The molecule has 3 aliphatic heterocycles. The molecule has 0 aliphatic carbocycles. The lowest BCUT2D eigenvalue weighted by Gasteiger charge is -2.30. The zero-order valence-electron chi connectivity index (χ0n) is 56.7. The number of aromatic hydroxyl groups is 1. The number of carboxylic acids is 2. The molecule has 3 fully saturated rings. The van der Waals surface area contributed by atoms with E-state index in [2.05, 4.69) is 79.8 Å². The van der Waals surface area contributed by atoms with Crippen molar-refractivity contribution in [2.24, 2.45) is 11.7 Å². The molecule has 4 rings (SSSR count). The highest BCUT2D eigenvalue weighted by molar-refractivity contribution is 8.77. The minimum atomic E-state index is -1.99. The Labute approximate surface area is 601 Å². The van der Waals surface area contributed by atoms with Gasteiger partial charge in [0, 0.05) is 35.9 Å². The third kappa shape index (κ3) is 28.3. The SMILES string of the molecule is CC[C@H](C)[C@@H]1NC(=O)[C@H](CCC(=O)O)NC(=O)C(NC(=O)C(NC(=O)[C@H](CC(N)=O)NC(=O)[C@@H]2CCCN2)[C@@H](C)O)CSSC[C@@H](C(=O)O)NC(=O)CNC(=O)[C@H]([C@@H](C)O)NC(=O)[C@@H]2CSSC[C@H](NC1=O)C(=O)N[C@@H](C)C(=O)N[C@@H](Cc1ccc(O)cc1)C(=O)N[C@@H](C)C(=O)N[C@@H](C)C(=O)N2. The molecule has 38 nitrogen and oxygen atoms in total. The van der Waals surface area contributed by atoms with Crippen LogP contribution in [0.3, 0.4) is 0 Å². The van der Waals surface area contributed by atoms with E-state index in [1.165, 1.54) is 52.0 Å². The summed E-state index contributed by atoms with van der Waals surface area (Å²) in [6, 6.07) is -17.3. The predicted octanol–water partition coefficient (Wildman–Crippen LogP) is -7.41. The lowest BCUT2D eigenvalue weighted by Crippen LogP contribution is -2.62. The Morgan fingerprint density at radius 1 is 0.588 bits per heavy atom. The van der Waals surface area contributed by atoms with Gasteiger partial charge in [-0.25, -0.2) is 4.79 Å². The fourth-order valence-corrected chi connectivity index (χ4v) is 14.4. The number of hydrogen-bond donors (Lipinski definition) is 21. The van der Waals surface area contributed by atoms with Gasteiger partial charge in [-0.3, -0.25) is 76.7 Å². The van der Waals surface area contributed by atoms with E-state index in [4.69, 9.17) is 5.73 Å². The maximum Gasteiger partial charge on any atom is 0.327 e. The van der Waals surface area contributed by atoms with Gasteiger partial charge in [0.1, 0.15) is 84.3 Å². The smallest absolute Gasteiger partial charge is 0.327 e. The lowest BCUT2D eigenvalue weighted by molar-refractivity contribution is -0.141. The Morgan fingerprint density at radius 2 is 1.12 bits per heavy atom. The number of phenols is 1. The van der Waals surface area contributed by atoms with E-state index in [9.17, 15) is 107 Å². The first-order chi connectivity index (χ1) is 48.0. The number of carboxylic acid groups (broad SMARTS) is 2. The molecule has 3 saturated heterocycles. The van der Waals surface area contributed by atoms with Crippen LogP contribution in [-0.2, 0) is 87.9 Å². The topological polar surface area (TPSA) is 598 Å². The summed E-state index contributed by atoms with van der Waals surface area (Å²) in [5, 5.41) is 88.0. The highest BCUT2D eigenvalue weighted by Crippen LogP contribution is 2.26. The second-order valence-electron chi connectivity index (χ2n) is 24.3. The standard InChI is InChI=1S/C60H90N16O22S4/c1-8-25(2)44-58(95)72-37-21-99-100-23-39(71-49(86)27(4)64-47(84)26(3)65-52(89)35(18-31-11-13-32(79)14-12-31)69-48(85)28(5)66-54(37)91)56(93)75-45(29(6)77)57(94)63-20-42(81)67-40(60(97)98)24-102-101-22-38(55(92)68-34(51(88)74-44)15-16-43(82)83)73-59(96)46(30(7)78)76-53(90)36(19-41(61)80)70-50(87)33-10-9-17-62-33/h11-14,25-30,33-40,44-46,62,77-79H,8-10,15-24H2,1-7H3,(H2,61,80)(H,63,94)(H,64,84)(H,65,89)(H,66,91)(H,67,81)(H,68,92)(H,69,85)(H,70,87)(H,71,86)(H,72,95)(H,73,96)(H,74,88)(H,75,93)(H,76,90)(H,82,83)(H,97,98)/t25-,26-,27-,28-,29+,30+,33-,34-,35-,36-,37-,38?,39-,40-,44-,45-,46?/m0/s1. The number of carbonyl (C=O) groups excluding carboxylic acids is 15. The van der Waals surface area contributed by atoms with Gasteiger partial charge < -0.3 is 111 Å². The van der Waals surface area contributed by atoms with Crippen LogP contribution in [0.5, 0.6) is 5.75 Å². The molecule has 22 N–H and O–H groups in total. The van der Waals surface area contributed by atoms with E-state index in [0.717, 1.165) is 35.4 Å². The summed E-state index contributed by atoms with van der Waals surface area (Å²) in [6.07, 6.45) is -5.01. The summed E-state index contributed by atoms with van der Waals surface area (Å²) >= 11 is 0. The van der Waals surface area contributed by atoms with Gasteiger partial charge in [-0.15, -0.1) is 0 Å². The zero-order chi connectivity index (χ0) is 76.2. The van der Waals surface area contributed by atoms with Crippen molar-refractivity contribution in [1.82, 2.24) is 79.8 Å². The molecule has 1 aromatic rings. The summed E-state index contributed by atoms with van der Waals surface area (Å²) in [5.41, 5.74) is 5.80. The van der Waals surface area contributed by atoms with Gasteiger partial charge in [-0.1, -0.05) is 75.6 Å². The van der Waals surface area contributed by atoms with Gasteiger partial charge >= 0.3 is 11.9 Å². The average molecular weight is 1520 g/mol. The van der Waals surface area contributed by atoms with E-state index in [-0.39, 0.29) is 18.6 Å². The number of nitrogens with two attached hydrogens (primary N) is 1. The molecule has 102 heavy (non-hydrogen) atoms. The molecular weight excluding hydrogens is 1430 g/mol. The first kappa shape index (κ1) is 85.7. The summed E-state index contributed by atoms with van der Waals surface area (Å²) in [6.45, 7) is 8.43. The molecule has 0 saturated carbocycles. The molecule has 2 unspecified atom stereocenters. The average Bonchev–Trinajstić information content (AvgIpc) is 0.936. The quantitative estimate of drug-likeness (QED) is 0.0607. The van der Waals surface area contributed by atoms with Crippen LogP contribution >= 0.6 is 43.2 Å². The molecule has 3 heterocycles. The Hall–Kier alpha value is -8.71. The van der Waals surface area contributed by atoms with Gasteiger partial charge in [0.25, 0.3) is 0 Å². The third-order valence-corrected chi connectivity index (χ3v) is 20.8. The molecular formula is C60H90N16O22S4. The highest BCUT2D eigenvalue weighted by atomic mass is 33.1. The molecule has 17 atom stereocenters. The zero-order valence-corrected chi connectivity index (χ0v) is 60.0. The van der Waals surface area contributed by atoms with Crippen LogP contribution < -0.4 is 85.5 Å². The van der Waals surface area contributed by atoms with E-state index in [1.807, 2.05) is 0 Å². The van der Waals surface area contributed by atoms with Gasteiger partial charge in [0.05, 0.1) is 31.2 Å². The normalized spacial score (nSPS) is 27.2. The van der Waals surface area contributed by atoms with Crippen LogP contribution in [-0.4, -0.2) is 259 Å². The van der Waals surface area contributed by atoms with Crippen LogP contribution in [0.4, 0.5) is 0 Å². The number of benzene rings is 1. The number of nitrogens with one attached hydrogen (secondary N) is 15. The van der Waals surface area contributed by atoms with Gasteiger partial charge in [0.2, 0.25) is 88.6 Å². The van der Waals surface area contributed by atoms with Crippen LogP contribution in [0.2, 0.25) is 0 Å². The fourth-order valence-electron chi connectivity index (χ4n) is 9.74. The fraction of sp³-hybridized carbons (Fsp3) is 0.617. The van der Waals surface area contributed by atoms with Crippen molar-refractivity contribution in [2.45, 2.75) is 190 Å². The first-order valence-corrected chi connectivity index (χ1v) is 37.3. The number of phenolic OH excluding ortho intramolecular Hbond substituents is 1. The minimum Gasteiger partial charge on any atom is -0.508 e. The van der Waals surface area contributed by atoms with E-state index >= 15 is 0 Å². The third-order valence-electron chi connectivity index (χ3n) is 15.9. The Kier molecular flexibility index (Phi) is 35.3. The number of fused-ring (bicyclic) bond motifs is 5. The number of aliphatic hydroxyl groups excluding tert-OH is 2. The molecule has 1 aromatic carbocycles. The van der Waals surface area contributed by atoms with Gasteiger partial charge in [-0.05, 0) is 84.0 Å². The second kappa shape index (κ2) is 42.0. The number of amides is 15. The summed E-state index contributed by atoms with van der Waals surface area (Å²) in [4.78, 5) is 233. The highest BCUT2D eigenvalue weighted by Gasteiger charge is 2.40. The van der Waals surface area contributed by atoms with Gasteiger partial charge in [0.15, 0.2) is 0 Å². The van der Waals surface area contributed by atoms with Crippen molar-refractivity contribution in [3.8, 4) is 5.75 Å². The van der Waals surface area contributed by atoms with Crippen LogP contribution in [0.25, 0.3) is 0 Å². The van der Waals surface area contributed by atoms with Crippen molar-refractivity contribution in [1.29, 1.82) is 0 Å². The van der Waals surface area contributed by atoms with E-state index in [1.54, 1.807) is 6.92 Å². The molecule has 42 heteroatoms. The molecule has 0 aromatic heterocycles. The van der Waals surface area contributed by atoms with Crippen molar-refractivity contribution < 1.29 is 107 Å². The molecule has 0 radical (unpaired) electrons. The Balaban J connectivity index is 1.84. The maximum atomic E-state index is 14.8. The summed E-state index contributed by atoms with van der Waals surface area (Å²) in [5.74, 6) is -22.4. The summed E-state index contributed by atoms with van der Waals surface area (Å²) < 4.78 is 0. The van der Waals surface area contributed by atoms with Crippen molar-refractivity contribution in [3.05, 3.63) is 29.8 Å². The monoisotopic (exact) mass is 1510 g/mol. The van der Waals surface area contributed by atoms with Crippen molar-refractivity contribution in [3.63, 3.8) is 0 Å². The van der Waals surface area contributed by atoms with E-state index in [0.29, 0.717) is 46.5 Å². The second-order valence-corrected chi connectivity index (χ2v) is 29.4. The molecule has 0 spiro atoms. The first-order valence-electron chi connectivity index (χ1n) is 32.3. The van der Waals surface area contributed by atoms with E-state index < -0.39 is 252 Å². The number of aliphatic hydroxyl groups is 2. The molecule has 2 bridgehead atoms. The molecule has 566 valence electrons. The number of primary amides is 1. The Bertz CT molecular complexity index is 3230. The lowest BCUT2D eigenvalue weighted by atomic mass is 9.97.